The molecule has 2 aromatic carbocycles. The van der Waals surface area contributed by atoms with Crippen molar-refractivity contribution >= 4 is 39.7 Å². The number of hydrogen-bond donors (Lipinski definition) is 1. The van der Waals surface area contributed by atoms with Crippen molar-refractivity contribution in [3.05, 3.63) is 54.1 Å². The second-order valence-electron chi connectivity index (χ2n) is 6.09. The van der Waals surface area contributed by atoms with Gasteiger partial charge in [0.2, 0.25) is 0 Å². The molecule has 5 nitrogen and oxygen atoms in total. The van der Waals surface area contributed by atoms with Crippen LogP contribution >= 0.6 is 12.4 Å². The predicted molar refractivity (Wildman–Crippen MR) is 106 cm³/mol. The quantitative estimate of drug-likeness (QED) is 0.693. The average Bonchev–Trinajstić information content (AvgIpc) is 2.82. The lowest BCUT2D eigenvalue weighted by molar-refractivity contribution is 0.576. The molecule has 1 aliphatic rings. The Morgan fingerprint density at radius 3 is 2.33 bits per heavy atom. The van der Waals surface area contributed by atoms with E-state index in [0.29, 0.717) is 30.4 Å². The van der Waals surface area contributed by atoms with Gasteiger partial charge in [0.1, 0.15) is 5.82 Å². The van der Waals surface area contributed by atoms with E-state index in [2.05, 4.69) is 5.32 Å². The first-order chi connectivity index (χ1) is 12.5. The topological polar surface area (TPSA) is 52.6 Å². The summed E-state index contributed by atoms with van der Waals surface area (Å²) in [7, 11) is -2.11. The molecule has 1 aliphatic heterocycles. The van der Waals surface area contributed by atoms with Gasteiger partial charge in [0.05, 0.1) is 17.1 Å². The predicted octanol–water partition coefficient (Wildman–Crippen LogP) is 3.98. The second-order valence-corrected chi connectivity index (χ2v) is 7.79. The van der Waals surface area contributed by atoms with E-state index < -0.39 is 21.8 Å². The standard InChI is InChI=1S/C18H21F2N3O2S.ClH/c1-21-11-5-2-6-12-22-17-7-3-4-8-18(17)23(26(22,24)25)16-10-9-14(19)13-15(16)20;/h3-4,7-10,13,21H,2,5-6,11-12H2,1H3;1H. The minimum Gasteiger partial charge on any atom is -0.320 e. The number of nitrogens with zero attached hydrogens (tertiary/aromatic N) is 2. The van der Waals surface area contributed by atoms with Gasteiger partial charge in [0.15, 0.2) is 5.82 Å². The molecule has 0 saturated heterocycles. The van der Waals surface area contributed by atoms with E-state index in [1.165, 1.54) is 4.31 Å². The zero-order valence-corrected chi connectivity index (χ0v) is 16.5. The monoisotopic (exact) mass is 417 g/mol. The fourth-order valence-corrected chi connectivity index (χ4v) is 4.82. The summed E-state index contributed by atoms with van der Waals surface area (Å²) in [5.74, 6) is -1.67. The molecule has 0 aromatic heterocycles. The summed E-state index contributed by atoms with van der Waals surface area (Å²) >= 11 is 0. The minimum atomic E-state index is -3.98. The van der Waals surface area contributed by atoms with E-state index >= 15 is 0 Å². The van der Waals surface area contributed by atoms with Crippen molar-refractivity contribution < 1.29 is 17.2 Å². The fraction of sp³-hybridized carbons (Fsp3) is 0.333. The lowest BCUT2D eigenvalue weighted by Gasteiger charge is -2.22. The Hall–Kier alpha value is -1.90. The smallest absolute Gasteiger partial charge is 0.320 e. The Morgan fingerprint density at radius 2 is 1.67 bits per heavy atom. The largest absolute Gasteiger partial charge is 0.331 e. The third-order valence-corrected chi connectivity index (χ3v) is 6.09. The van der Waals surface area contributed by atoms with Gasteiger partial charge in [-0.25, -0.2) is 13.1 Å². The fourth-order valence-electron chi connectivity index (χ4n) is 3.06. The van der Waals surface area contributed by atoms with E-state index in [9.17, 15) is 17.2 Å². The van der Waals surface area contributed by atoms with Crippen molar-refractivity contribution in [2.24, 2.45) is 0 Å². The van der Waals surface area contributed by atoms with Crippen molar-refractivity contribution in [2.75, 3.05) is 28.7 Å². The van der Waals surface area contributed by atoms with Gasteiger partial charge in [-0.05, 0) is 50.7 Å². The summed E-state index contributed by atoms with van der Waals surface area (Å²) < 4.78 is 55.9. The number of para-hydroxylation sites is 2. The summed E-state index contributed by atoms with van der Waals surface area (Å²) in [5.41, 5.74) is 0.689. The Labute approximate surface area is 164 Å². The van der Waals surface area contributed by atoms with Crippen LogP contribution in [0, 0.1) is 11.6 Å². The first-order valence-corrected chi connectivity index (χ1v) is 9.88. The van der Waals surface area contributed by atoms with Gasteiger partial charge >= 0.3 is 10.2 Å². The maximum absolute atomic E-state index is 14.3. The van der Waals surface area contributed by atoms with E-state index in [4.69, 9.17) is 0 Å². The van der Waals surface area contributed by atoms with Crippen LogP contribution in [0.25, 0.3) is 0 Å². The highest BCUT2D eigenvalue weighted by Gasteiger charge is 2.41. The van der Waals surface area contributed by atoms with Gasteiger partial charge in [-0.15, -0.1) is 12.4 Å². The van der Waals surface area contributed by atoms with Crippen molar-refractivity contribution in [1.29, 1.82) is 0 Å². The van der Waals surface area contributed by atoms with Crippen molar-refractivity contribution in [3.63, 3.8) is 0 Å². The van der Waals surface area contributed by atoms with Crippen LogP contribution in [0.1, 0.15) is 19.3 Å². The zero-order valence-electron chi connectivity index (χ0n) is 14.9. The third-order valence-electron chi connectivity index (χ3n) is 4.29. The van der Waals surface area contributed by atoms with Crippen LogP contribution in [0.4, 0.5) is 25.8 Å². The highest BCUT2D eigenvalue weighted by Crippen LogP contribution is 2.45. The Kier molecular flexibility index (Phi) is 7.02. The van der Waals surface area contributed by atoms with Gasteiger partial charge in [-0.3, -0.25) is 4.31 Å². The molecule has 0 radical (unpaired) electrons. The van der Waals surface area contributed by atoms with Gasteiger partial charge in [0.25, 0.3) is 0 Å². The maximum Gasteiger partial charge on any atom is 0.331 e. The zero-order chi connectivity index (χ0) is 18.7. The molecule has 0 aliphatic carbocycles. The van der Waals surface area contributed by atoms with E-state index in [-0.39, 0.29) is 18.1 Å². The number of rotatable bonds is 7. The molecule has 2 aromatic rings. The normalized spacial score (nSPS) is 14.8. The third kappa shape index (κ3) is 4.17. The summed E-state index contributed by atoms with van der Waals surface area (Å²) in [6.07, 6.45) is 2.51. The van der Waals surface area contributed by atoms with Crippen LogP contribution in [-0.2, 0) is 10.2 Å². The molecular formula is C18H22ClF2N3O2S. The molecule has 27 heavy (non-hydrogen) atoms. The number of anilines is 3. The summed E-state index contributed by atoms with van der Waals surface area (Å²) in [6, 6.07) is 9.64. The summed E-state index contributed by atoms with van der Waals surface area (Å²) in [5, 5.41) is 3.05. The molecule has 0 atom stereocenters. The van der Waals surface area contributed by atoms with Crippen LogP contribution in [0.2, 0.25) is 0 Å². The highest BCUT2D eigenvalue weighted by molar-refractivity contribution is 7.95. The molecule has 148 valence electrons. The molecule has 0 spiro atoms. The number of unbranched alkanes of at least 4 members (excludes halogenated alkanes) is 2. The Bertz CT molecular complexity index is 896. The molecule has 0 saturated carbocycles. The first kappa shape index (κ1) is 21.4. The first-order valence-electron chi connectivity index (χ1n) is 8.48. The molecule has 1 N–H and O–H groups in total. The summed E-state index contributed by atoms with van der Waals surface area (Å²) in [4.78, 5) is 0. The van der Waals surface area contributed by atoms with E-state index in [1.807, 2.05) is 7.05 Å². The Balaban J connectivity index is 0.00000261. The molecule has 0 bridgehead atoms. The lowest BCUT2D eigenvalue weighted by Crippen LogP contribution is -2.36. The van der Waals surface area contributed by atoms with Crippen LogP contribution in [0.5, 0.6) is 0 Å². The van der Waals surface area contributed by atoms with Gasteiger partial charge < -0.3 is 5.32 Å². The van der Waals surface area contributed by atoms with Gasteiger partial charge in [-0.2, -0.15) is 8.42 Å². The maximum atomic E-state index is 14.3. The lowest BCUT2D eigenvalue weighted by atomic mass is 10.2. The van der Waals surface area contributed by atoms with Crippen LogP contribution in [0.15, 0.2) is 42.5 Å². The molecule has 0 unspecified atom stereocenters. The molecule has 0 amide bonds. The molecule has 1 heterocycles. The molecular weight excluding hydrogens is 396 g/mol. The van der Waals surface area contributed by atoms with Crippen molar-refractivity contribution in [2.45, 2.75) is 19.3 Å². The average molecular weight is 418 g/mol. The van der Waals surface area contributed by atoms with Gasteiger partial charge in [-0.1, -0.05) is 18.6 Å². The Morgan fingerprint density at radius 1 is 0.963 bits per heavy atom. The van der Waals surface area contributed by atoms with Crippen molar-refractivity contribution in [3.8, 4) is 0 Å². The number of nitrogens with one attached hydrogen (secondary N) is 1. The van der Waals surface area contributed by atoms with E-state index in [1.54, 1.807) is 24.3 Å². The van der Waals surface area contributed by atoms with E-state index in [0.717, 1.165) is 35.8 Å². The summed E-state index contributed by atoms with van der Waals surface area (Å²) in [6.45, 7) is 1.18. The molecule has 3 rings (SSSR count). The number of fused-ring (bicyclic) bond motifs is 1. The minimum absolute atomic E-state index is 0. The van der Waals surface area contributed by atoms with Crippen LogP contribution in [0.3, 0.4) is 0 Å². The van der Waals surface area contributed by atoms with Crippen molar-refractivity contribution in [1.82, 2.24) is 5.32 Å². The van der Waals surface area contributed by atoms with Gasteiger partial charge in [0, 0.05) is 12.6 Å². The second kappa shape index (κ2) is 8.86. The highest BCUT2D eigenvalue weighted by atomic mass is 35.5. The number of benzene rings is 2. The van der Waals surface area contributed by atoms with Crippen LogP contribution in [-0.4, -0.2) is 28.6 Å². The molecule has 9 heteroatoms. The van der Waals surface area contributed by atoms with Crippen LogP contribution < -0.4 is 13.9 Å². The SMILES string of the molecule is CNCCCCCN1c2ccccc2N(c2ccc(F)cc2F)S1(=O)=O.Cl. The number of hydrogen-bond acceptors (Lipinski definition) is 3. The number of halogens is 3. The molecule has 0 fully saturated rings.